The molecule has 0 spiro atoms. The molecule has 3 heterocycles. The van der Waals surface area contributed by atoms with Crippen molar-refractivity contribution in [3.05, 3.63) is 30.0 Å². The van der Waals surface area contributed by atoms with Crippen molar-refractivity contribution < 1.29 is 0 Å². The maximum absolute atomic E-state index is 4.49. The summed E-state index contributed by atoms with van der Waals surface area (Å²) in [5, 5.41) is 13.1. The van der Waals surface area contributed by atoms with Crippen LogP contribution in [0.5, 0.6) is 0 Å². The van der Waals surface area contributed by atoms with Crippen molar-refractivity contribution in [2.75, 3.05) is 5.32 Å². The van der Waals surface area contributed by atoms with E-state index in [0.717, 1.165) is 34.8 Å². The number of nitrogens with one attached hydrogen (secondary N) is 1. The molecule has 0 saturated heterocycles. The third-order valence-electron chi connectivity index (χ3n) is 3.46. The SMILES string of the molecule is Cc1cc(C)n(C[C@@H](C)Nc2ncnc3c2cnn3C)n1. The van der Waals surface area contributed by atoms with Gasteiger partial charge in [-0.1, -0.05) is 0 Å². The average molecular weight is 285 g/mol. The Hall–Kier alpha value is -2.44. The highest BCUT2D eigenvalue weighted by molar-refractivity contribution is 5.86. The number of rotatable bonds is 4. The zero-order chi connectivity index (χ0) is 15.0. The summed E-state index contributed by atoms with van der Waals surface area (Å²) in [5.41, 5.74) is 3.03. The summed E-state index contributed by atoms with van der Waals surface area (Å²) in [6.07, 6.45) is 3.34. The van der Waals surface area contributed by atoms with Gasteiger partial charge in [0.15, 0.2) is 5.65 Å². The van der Waals surface area contributed by atoms with Gasteiger partial charge >= 0.3 is 0 Å². The predicted octanol–water partition coefficient (Wildman–Crippen LogP) is 1.68. The fourth-order valence-electron chi connectivity index (χ4n) is 2.48. The second-order valence-corrected chi connectivity index (χ2v) is 5.38. The Morgan fingerprint density at radius 1 is 1.29 bits per heavy atom. The molecule has 0 amide bonds. The molecule has 7 nitrogen and oxygen atoms in total. The molecule has 1 N–H and O–H groups in total. The number of nitrogens with zero attached hydrogens (tertiary/aromatic N) is 6. The van der Waals surface area contributed by atoms with Gasteiger partial charge in [0.2, 0.25) is 0 Å². The standard InChI is InChI=1S/C14H19N7/c1-9-5-11(3)21(19-9)7-10(2)18-13-12-6-17-20(4)14(12)16-8-15-13/h5-6,8,10H,7H2,1-4H3,(H,15,16,18)/t10-/m1/s1. The first kappa shape index (κ1) is 13.5. The lowest BCUT2D eigenvalue weighted by molar-refractivity contribution is 0.545. The van der Waals surface area contributed by atoms with Crippen molar-refractivity contribution in [2.24, 2.45) is 7.05 Å². The van der Waals surface area contributed by atoms with Crippen molar-refractivity contribution in [1.82, 2.24) is 29.5 Å². The summed E-state index contributed by atoms with van der Waals surface area (Å²) in [4.78, 5) is 8.57. The average Bonchev–Trinajstić information content (AvgIpc) is 2.94. The Bertz CT molecular complexity index is 771. The topological polar surface area (TPSA) is 73.5 Å². The van der Waals surface area contributed by atoms with Gasteiger partial charge in [0.1, 0.15) is 12.1 Å². The van der Waals surface area contributed by atoms with E-state index in [1.165, 1.54) is 0 Å². The van der Waals surface area contributed by atoms with E-state index < -0.39 is 0 Å². The molecule has 7 heteroatoms. The van der Waals surface area contributed by atoms with Gasteiger partial charge in [0.25, 0.3) is 0 Å². The summed E-state index contributed by atoms with van der Waals surface area (Å²) < 4.78 is 3.75. The second-order valence-electron chi connectivity index (χ2n) is 5.38. The molecule has 0 radical (unpaired) electrons. The molecule has 0 aliphatic heterocycles. The molecule has 3 rings (SSSR count). The zero-order valence-corrected chi connectivity index (χ0v) is 12.7. The Morgan fingerprint density at radius 3 is 2.81 bits per heavy atom. The minimum Gasteiger partial charge on any atom is -0.365 e. The highest BCUT2D eigenvalue weighted by Gasteiger charge is 2.12. The molecule has 0 bridgehead atoms. The van der Waals surface area contributed by atoms with Crippen molar-refractivity contribution in [3.63, 3.8) is 0 Å². The van der Waals surface area contributed by atoms with Gasteiger partial charge in [-0.15, -0.1) is 0 Å². The Labute approximate surface area is 123 Å². The maximum atomic E-state index is 4.49. The maximum Gasteiger partial charge on any atom is 0.163 e. The van der Waals surface area contributed by atoms with Crippen LogP contribution in [0.25, 0.3) is 11.0 Å². The van der Waals surface area contributed by atoms with Crippen molar-refractivity contribution >= 4 is 16.9 Å². The van der Waals surface area contributed by atoms with Crippen LogP contribution in [0.3, 0.4) is 0 Å². The van der Waals surface area contributed by atoms with E-state index in [1.807, 2.05) is 18.7 Å². The molecule has 110 valence electrons. The lowest BCUT2D eigenvalue weighted by Crippen LogP contribution is -2.24. The van der Waals surface area contributed by atoms with Crippen LogP contribution in [0, 0.1) is 13.8 Å². The quantitative estimate of drug-likeness (QED) is 0.789. The smallest absolute Gasteiger partial charge is 0.163 e. The number of aryl methyl sites for hydroxylation is 3. The Morgan fingerprint density at radius 2 is 2.10 bits per heavy atom. The van der Waals surface area contributed by atoms with E-state index >= 15 is 0 Å². The number of fused-ring (bicyclic) bond motifs is 1. The third-order valence-corrected chi connectivity index (χ3v) is 3.46. The number of hydrogen-bond acceptors (Lipinski definition) is 5. The first-order valence-corrected chi connectivity index (χ1v) is 6.95. The van der Waals surface area contributed by atoms with E-state index in [-0.39, 0.29) is 6.04 Å². The van der Waals surface area contributed by atoms with E-state index in [0.29, 0.717) is 0 Å². The van der Waals surface area contributed by atoms with Gasteiger partial charge in [-0.2, -0.15) is 10.2 Å². The van der Waals surface area contributed by atoms with Crippen LogP contribution in [0.4, 0.5) is 5.82 Å². The van der Waals surface area contributed by atoms with Crippen LogP contribution >= 0.6 is 0 Å². The summed E-state index contributed by atoms with van der Waals surface area (Å²) in [7, 11) is 1.87. The summed E-state index contributed by atoms with van der Waals surface area (Å²) in [5.74, 6) is 0.808. The Kier molecular flexibility index (Phi) is 3.32. The van der Waals surface area contributed by atoms with Gasteiger partial charge in [0, 0.05) is 18.8 Å². The predicted molar refractivity (Wildman–Crippen MR) is 81.1 cm³/mol. The van der Waals surface area contributed by atoms with E-state index in [9.17, 15) is 0 Å². The lowest BCUT2D eigenvalue weighted by atomic mass is 10.3. The lowest BCUT2D eigenvalue weighted by Gasteiger charge is -2.16. The van der Waals surface area contributed by atoms with Crippen LogP contribution in [0.15, 0.2) is 18.6 Å². The normalized spacial score (nSPS) is 12.8. The minimum atomic E-state index is 0.196. The molecule has 0 aliphatic carbocycles. The largest absolute Gasteiger partial charge is 0.365 e. The summed E-state index contributed by atoms with van der Waals surface area (Å²) in [6, 6.07) is 2.28. The molecule has 21 heavy (non-hydrogen) atoms. The van der Waals surface area contributed by atoms with E-state index in [2.05, 4.69) is 45.4 Å². The van der Waals surface area contributed by atoms with Crippen LogP contribution in [0.2, 0.25) is 0 Å². The summed E-state index contributed by atoms with van der Waals surface area (Å²) in [6.45, 7) is 6.97. The minimum absolute atomic E-state index is 0.196. The highest BCUT2D eigenvalue weighted by atomic mass is 15.3. The van der Waals surface area contributed by atoms with Gasteiger partial charge in [0.05, 0.1) is 23.8 Å². The van der Waals surface area contributed by atoms with Crippen LogP contribution in [-0.4, -0.2) is 35.6 Å². The molecule has 0 saturated carbocycles. The molecule has 3 aromatic rings. The van der Waals surface area contributed by atoms with Gasteiger partial charge < -0.3 is 5.32 Å². The number of aromatic nitrogens is 6. The monoisotopic (exact) mass is 285 g/mol. The van der Waals surface area contributed by atoms with Gasteiger partial charge in [-0.3, -0.25) is 9.36 Å². The van der Waals surface area contributed by atoms with Crippen molar-refractivity contribution in [2.45, 2.75) is 33.4 Å². The first-order chi connectivity index (χ1) is 10.0. The molecule has 0 fully saturated rings. The molecule has 0 aromatic carbocycles. The van der Waals surface area contributed by atoms with Crippen molar-refractivity contribution in [1.29, 1.82) is 0 Å². The number of anilines is 1. The molecule has 0 unspecified atom stereocenters. The van der Waals surface area contributed by atoms with E-state index in [4.69, 9.17) is 0 Å². The second kappa shape index (κ2) is 5.16. The molecular weight excluding hydrogens is 266 g/mol. The van der Waals surface area contributed by atoms with Crippen LogP contribution in [0.1, 0.15) is 18.3 Å². The van der Waals surface area contributed by atoms with Crippen molar-refractivity contribution in [3.8, 4) is 0 Å². The van der Waals surface area contributed by atoms with Gasteiger partial charge in [-0.05, 0) is 26.8 Å². The molecule has 1 atom stereocenters. The first-order valence-electron chi connectivity index (χ1n) is 6.95. The van der Waals surface area contributed by atoms with E-state index in [1.54, 1.807) is 17.2 Å². The van der Waals surface area contributed by atoms with Crippen LogP contribution in [-0.2, 0) is 13.6 Å². The fraction of sp³-hybridized carbons (Fsp3) is 0.429. The zero-order valence-electron chi connectivity index (χ0n) is 12.7. The van der Waals surface area contributed by atoms with Crippen LogP contribution < -0.4 is 5.32 Å². The third kappa shape index (κ3) is 2.58. The highest BCUT2D eigenvalue weighted by Crippen LogP contribution is 2.18. The summed E-state index contributed by atoms with van der Waals surface area (Å²) >= 11 is 0. The Balaban J connectivity index is 1.80. The fourth-order valence-corrected chi connectivity index (χ4v) is 2.48. The molecule has 3 aromatic heterocycles. The molecular formula is C14H19N7. The van der Waals surface area contributed by atoms with Gasteiger partial charge in [-0.25, -0.2) is 9.97 Å². The number of hydrogen-bond donors (Lipinski definition) is 1. The molecule has 0 aliphatic rings.